The minimum Gasteiger partial charge on any atom is -0.493 e. The fourth-order valence-corrected chi connectivity index (χ4v) is 5.57. The highest BCUT2D eigenvalue weighted by atomic mass is 16.5. The van der Waals surface area contributed by atoms with Gasteiger partial charge in [-0.25, -0.2) is 0 Å². The maximum atomic E-state index is 5.62. The lowest BCUT2D eigenvalue weighted by atomic mass is 9.85. The first-order valence-corrected chi connectivity index (χ1v) is 12.9. The van der Waals surface area contributed by atoms with Gasteiger partial charge in [-0.15, -0.1) is 0 Å². The van der Waals surface area contributed by atoms with Crippen molar-refractivity contribution in [3.05, 3.63) is 95.6 Å². The molecule has 1 saturated heterocycles. The number of benzene rings is 3. The van der Waals surface area contributed by atoms with Crippen molar-refractivity contribution in [3.63, 3.8) is 0 Å². The first-order chi connectivity index (χ1) is 17.1. The quantitative estimate of drug-likeness (QED) is 0.350. The maximum Gasteiger partial charge on any atom is 0.160 e. The summed E-state index contributed by atoms with van der Waals surface area (Å²) in [6.07, 6.45) is 3.40. The average Bonchev–Trinajstić information content (AvgIpc) is 2.89. The van der Waals surface area contributed by atoms with Gasteiger partial charge in [-0.2, -0.15) is 0 Å². The Kier molecular flexibility index (Phi) is 8.48. The van der Waals surface area contributed by atoms with Crippen molar-refractivity contribution < 1.29 is 9.47 Å². The number of hydrogen-bond acceptors (Lipinski definition) is 4. The highest BCUT2D eigenvalue weighted by molar-refractivity contribution is 5.43. The van der Waals surface area contributed by atoms with E-state index in [1.807, 2.05) is 6.07 Å². The zero-order valence-electron chi connectivity index (χ0n) is 21.7. The van der Waals surface area contributed by atoms with E-state index < -0.39 is 0 Å². The molecule has 1 fully saturated rings. The molecule has 0 amide bonds. The predicted octanol–water partition coefficient (Wildman–Crippen LogP) is 6.21. The molecule has 3 aromatic carbocycles. The van der Waals surface area contributed by atoms with Gasteiger partial charge in [0.1, 0.15) is 0 Å². The third-order valence-electron chi connectivity index (χ3n) is 7.37. The largest absolute Gasteiger partial charge is 0.493 e. The molecule has 1 unspecified atom stereocenters. The zero-order valence-corrected chi connectivity index (χ0v) is 21.7. The summed E-state index contributed by atoms with van der Waals surface area (Å²) in [5.41, 5.74) is 4.00. The van der Waals surface area contributed by atoms with Gasteiger partial charge in [0.25, 0.3) is 0 Å². The van der Waals surface area contributed by atoms with Crippen LogP contribution >= 0.6 is 0 Å². The smallest absolute Gasteiger partial charge is 0.160 e. The molecule has 0 spiro atoms. The standard InChI is InChI=1S/C31H40N2O2/c1-5-6-19-33-21-20-32(30(26-13-9-7-10-14-26)27-15-11-8-12-16-27)24-31(33,2)23-25-17-18-28(34-3)29(22-25)35-4/h7-18,22,30H,5-6,19-21,23-24H2,1-4H3. The average molecular weight is 473 g/mol. The molecular weight excluding hydrogens is 432 g/mol. The van der Waals surface area contributed by atoms with Crippen molar-refractivity contribution in [2.45, 2.75) is 44.7 Å². The summed E-state index contributed by atoms with van der Waals surface area (Å²) in [6.45, 7) is 8.98. The van der Waals surface area contributed by atoms with E-state index in [0.717, 1.165) is 44.1 Å². The maximum absolute atomic E-state index is 5.62. The van der Waals surface area contributed by atoms with E-state index in [0.29, 0.717) is 0 Å². The van der Waals surface area contributed by atoms with E-state index >= 15 is 0 Å². The van der Waals surface area contributed by atoms with Gasteiger partial charge in [0, 0.05) is 25.2 Å². The molecule has 0 aliphatic carbocycles. The van der Waals surface area contributed by atoms with Crippen LogP contribution in [-0.2, 0) is 6.42 Å². The van der Waals surface area contributed by atoms with E-state index in [-0.39, 0.29) is 11.6 Å². The predicted molar refractivity (Wildman–Crippen MR) is 144 cm³/mol. The van der Waals surface area contributed by atoms with Crippen LogP contribution in [0.3, 0.4) is 0 Å². The van der Waals surface area contributed by atoms with Crippen LogP contribution < -0.4 is 9.47 Å². The molecule has 0 radical (unpaired) electrons. The lowest BCUT2D eigenvalue weighted by molar-refractivity contribution is -0.00515. The van der Waals surface area contributed by atoms with Crippen LogP contribution in [0.15, 0.2) is 78.9 Å². The number of rotatable bonds is 10. The number of nitrogens with zero attached hydrogens (tertiary/aromatic N) is 2. The van der Waals surface area contributed by atoms with Crippen LogP contribution in [0.25, 0.3) is 0 Å². The highest BCUT2D eigenvalue weighted by Gasteiger charge is 2.40. The Morgan fingerprint density at radius 2 is 1.46 bits per heavy atom. The van der Waals surface area contributed by atoms with E-state index in [9.17, 15) is 0 Å². The number of methoxy groups -OCH3 is 2. The number of hydrogen-bond donors (Lipinski definition) is 0. The Balaban J connectivity index is 1.67. The van der Waals surface area contributed by atoms with Crippen molar-refractivity contribution in [2.24, 2.45) is 0 Å². The third-order valence-corrected chi connectivity index (χ3v) is 7.37. The fourth-order valence-electron chi connectivity index (χ4n) is 5.57. The molecule has 0 saturated carbocycles. The molecule has 4 heteroatoms. The van der Waals surface area contributed by atoms with Crippen LogP contribution in [0.5, 0.6) is 11.5 Å². The van der Waals surface area contributed by atoms with Crippen LogP contribution in [0.1, 0.15) is 49.4 Å². The molecule has 4 nitrogen and oxygen atoms in total. The fraction of sp³-hybridized carbons (Fsp3) is 0.419. The summed E-state index contributed by atoms with van der Waals surface area (Å²) >= 11 is 0. The van der Waals surface area contributed by atoms with Gasteiger partial charge in [-0.1, -0.05) is 80.1 Å². The Labute approximate surface area is 211 Å². The van der Waals surface area contributed by atoms with Crippen LogP contribution in [-0.4, -0.2) is 55.7 Å². The monoisotopic (exact) mass is 472 g/mol. The van der Waals surface area contributed by atoms with Gasteiger partial charge < -0.3 is 9.47 Å². The first kappa shape index (κ1) is 25.3. The van der Waals surface area contributed by atoms with Gasteiger partial charge >= 0.3 is 0 Å². The lowest BCUT2D eigenvalue weighted by Gasteiger charge is -2.51. The topological polar surface area (TPSA) is 24.9 Å². The molecule has 1 heterocycles. The Morgan fingerprint density at radius 3 is 2.03 bits per heavy atom. The Bertz CT molecular complexity index is 1020. The van der Waals surface area contributed by atoms with Gasteiger partial charge in [-0.3, -0.25) is 9.80 Å². The van der Waals surface area contributed by atoms with E-state index in [1.165, 1.54) is 29.5 Å². The molecule has 186 valence electrons. The van der Waals surface area contributed by atoms with Crippen molar-refractivity contribution in [2.75, 3.05) is 40.4 Å². The Hall–Kier alpha value is -2.82. The third kappa shape index (κ3) is 5.88. The molecule has 4 rings (SSSR count). The van der Waals surface area contributed by atoms with Gasteiger partial charge in [0.2, 0.25) is 0 Å². The van der Waals surface area contributed by atoms with E-state index in [1.54, 1.807) is 14.2 Å². The van der Waals surface area contributed by atoms with E-state index in [2.05, 4.69) is 96.4 Å². The summed E-state index contributed by atoms with van der Waals surface area (Å²) in [7, 11) is 3.40. The summed E-state index contributed by atoms with van der Waals surface area (Å²) in [5.74, 6) is 1.58. The molecular formula is C31H40N2O2. The minimum absolute atomic E-state index is 0.00876. The van der Waals surface area contributed by atoms with Crippen molar-refractivity contribution in [3.8, 4) is 11.5 Å². The summed E-state index contributed by atoms with van der Waals surface area (Å²) in [5, 5.41) is 0. The zero-order chi connectivity index (χ0) is 24.7. The van der Waals surface area contributed by atoms with Crippen LogP contribution in [0, 0.1) is 0 Å². The minimum atomic E-state index is 0.00876. The number of ether oxygens (including phenoxy) is 2. The van der Waals surface area contributed by atoms with Gasteiger partial charge in [0.15, 0.2) is 11.5 Å². The molecule has 3 aromatic rings. The van der Waals surface area contributed by atoms with Crippen LogP contribution in [0.2, 0.25) is 0 Å². The SMILES string of the molecule is CCCCN1CCN(C(c2ccccc2)c2ccccc2)CC1(C)Cc1ccc(OC)c(OC)c1. The van der Waals surface area contributed by atoms with Gasteiger partial charge in [-0.05, 0) is 55.1 Å². The second-order valence-electron chi connectivity index (χ2n) is 9.90. The first-order valence-electron chi connectivity index (χ1n) is 12.9. The summed E-state index contributed by atoms with van der Waals surface area (Å²) in [4.78, 5) is 5.41. The van der Waals surface area contributed by atoms with Crippen molar-refractivity contribution >= 4 is 0 Å². The molecule has 1 aliphatic rings. The van der Waals surface area contributed by atoms with Crippen LogP contribution in [0.4, 0.5) is 0 Å². The molecule has 0 N–H and O–H groups in total. The second-order valence-corrected chi connectivity index (χ2v) is 9.90. The molecule has 1 aliphatic heterocycles. The molecule has 35 heavy (non-hydrogen) atoms. The summed E-state index contributed by atoms with van der Waals surface area (Å²) in [6, 6.07) is 28.5. The molecule has 1 atom stereocenters. The van der Waals surface area contributed by atoms with E-state index in [4.69, 9.17) is 9.47 Å². The molecule has 0 aromatic heterocycles. The Morgan fingerprint density at radius 1 is 0.829 bits per heavy atom. The number of piperazine rings is 1. The lowest BCUT2D eigenvalue weighted by Crippen LogP contribution is -2.62. The number of unbranched alkanes of at least 4 members (excludes halogenated alkanes) is 1. The molecule has 0 bridgehead atoms. The second kappa shape index (κ2) is 11.7. The highest BCUT2D eigenvalue weighted by Crippen LogP contribution is 2.36. The summed E-state index contributed by atoms with van der Waals surface area (Å²) < 4.78 is 11.1. The van der Waals surface area contributed by atoms with Crippen molar-refractivity contribution in [1.29, 1.82) is 0 Å². The van der Waals surface area contributed by atoms with Crippen molar-refractivity contribution in [1.82, 2.24) is 9.80 Å². The van der Waals surface area contributed by atoms with Gasteiger partial charge in [0.05, 0.1) is 20.3 Å². The normalized spacial score (nSPS) is 19.1.